The molecule has 0 saturated carbocycles. The van der Waals surface area contributed by atoms with Crippen LogP contribution >= 0.6 is 0 Å². The van der Waals surface area contributed by atoms with E-state index in [2.05, 4.69) is 19.8 Å². The van der Waals surface area contributed by atoms with Gasteiger partial charge in [-0.3, -0.25) is 4.72 Å². The van der Waals surface area contributed by atoms with Gasteiger partial charge in [-0.2, -0.15) is 0 Å². The molecule has 0 unspecified atom stereocenters. The lowest BCUT2D eigenvalue weighted by molar-refractivity contribution is 0.122. The van der Waals surface area contributed by atoms with E-state index in [0.29, 0.717) is 24.6 Å². The molecule has 3 aromatic carbocycles. The third-order valence-corrected chi connectivity index (χ3v) is 7.07. The van der Waals surface area contributed by atoms with Gasteiger partial charge in [0.05, 0.1) is 23.8 Å². The second-order valence-electron chi connectivity index (χ2n) is 7.95. The van der Waals surface area contributed by atoms with E-state index in [4.69, 9.17) is 4.74 Å². The van der Waals surface area contributed by atoms with Crippen molar-refractivity contribution in [3.05, 3.63) is 91.0 Å². The average Bonchev–Trinajstić information content (AvgIpc) is 2.90. The van der Waals surface area contributed by atoms with Gasteiger partial charge < -0.3 is 9.64 Å². The van der Waals surface area contributed by atoms with Crippen LogP contribution < -0.4 is 9.62 Å². The van der Waals surface area contributed by atoms with E-state index in [1.54, 1.807) is 30.3 Å². The molecule has 1 saturated heterocycles. The number of aromatic nitrogens is 2. The third-order valence-electron chi connectivity index (χ3n) is 5.67. The summed E-state index contributed by atoms with van der Waals surface area (Å²) in [5, 5.41) is 8.69. The summed E-state index contributed by atoms with van der Waals surface area (Å²) in [7, 11) is -3.74. The molecule has 4 aromatic rings. The van der Waals surface area contributed by atoms with Crippen molar-refractivity contribution in [3.8, 4) is 22.4 Å². The van der Waals surface area contributed by atoms with Crippen LogP contribution in [0.15, 0.2) is 95.9 Å². The minimum atomic E-state index is -3.74. The Morgan fingerprint density at radius 1 is 0.735 bits per heavy atom. The zero-order chi connectivity index (χ0) is 23.4. The second-order valence-corrected chi connectivity index (χ2v) is 9.64. The molecule has 0 bridgehead atoms. The number of hydrogen-bond donors (Lipinski definition) is 1. The Morgan fingerprint density at radius 3 is 2.15 bits per heavy atom. The maximum Gasteiger partial charge on any atom is 0.261 e. The van der Waals surface area contributed by atoms with Gasteiger partial charge in [-0.25, -0.2) is 8.42 Å². The van der Waals surface area contributed by atoms with Crippen molar-refractivity contribution in [3.63, 3.8) is 0 Å². The number of hydrogen-bond acceptors (Lipinski definition) is 6. The second kappa shape index (κ2) is 9.62. The number of morpholine rings is 1. The smallest absolute Gasteiger partial charge is 0.261 e. The summed E-state index contributed by atoms with van der Waals surface area (Å²) in [6.45, 7) is 2.94. The fourth-order valence-corrected chi connectivity index (χ4v) is 4.90. The van der Waals surface area contributed by atoms with Gasteiger partial charge in [-0.05, 0) is 47.5 Å². The normalized spacial score (nSPS) is 14.1. The molecule has 8 heteroatoms. The largest absolute Gasteiger partial charge is 0.378 e. The molecule has 0 radical (unpaired) electrons. The Hall–Kier alpha value is -3.75. The van der Waals surface area contributed by atoms with Crippen LogP contribution in [0.5, 0.6) is 0 Å². The maximum absolute atomic E-state index is 13.0. The highest BCUT2D eigenvalue weighted by Crippen LogP contribution is 2.25. The van der Waals surface area contributed by atoms with Gasteiger partial charge >= 0.3 is 0 Å². The lowest BCUT2D eigenvalue weighted by Crippen LogP contribution is -2.36. The van der Waals surface area contributed by atoms with Gasteiger partial charge in [0.1, 0.15) is 0 Å². The fourth-order valence-electron chi connectivity index (χ4n) is 3.85. The van der Waals surface area contributed by atoms with Gasteiger partial charge in [-0.15, -0.1) is 10.2 Å². The van der Waals surface area contributed by atoms with Crippen molar-refractivity contribution in [2.45, 2.75) is 4.90 Å². The topological polar surface area (TPSA) is 84.4 Å². The zero-order valence-corrected chi connectivity index (χ0v) is 19.3. The Kier molecular flexibility index (Phi) is 6.24. The molecular formula is C26H24N4O3S. The highest BCUT2D eigenvalue weighted by molar-refractivity contribution is 7.92. The van der Waals surface area contributed by atoms with Crippen molar-refractivity contribution in [2.24, 2.45) is 0 Å². The number of nitrogens with zero attached hydrogens (tertiary/aromatic N) is 3. The number of rotatable bonds is 6. The van der Waals surface area contributed by atoms with Crippen molar-refractivity contribution < 1.29 is 13.2 Å². The first-order chi connectivity index (χ1) is 16.6. The van der Waals surface area contributed by atoms with Crippen molar-refractivity contribution in [1.82, 2.24) is 10.2 Å². The van der Waals surface area contributed by atoms with E-state index in [9.17, 15) is 8.42 Å². The molecule has 7 nitrogen and oxygen atoms in total. The summed E-state index contributed by atoms with van der Waals surface area (Å²) in [6.07, 6.45) is 0. The molecular weight excluding hydrogens is 448 g/mol. The van der Waals surface area contributed by atoms with Crippen molar-refractivity contribution in [1.29, 1.82) is 0 Å². The molecule has 5 rings (SSSR count). The maximum atomic E-state index is 13.0. The van der Waals surface area contributed by atoms with E-state index in [-0.39, 0.29) is 4.90 Å². The fraction of sp³-hybridized carbons (Fsp3) is 0.154. The first-order valence-corrected chi connectivity index (χ1v) is 12.5. The van der Waals surface area contributed by atoms with Gasteiger partial charge in [0.15, 0.2) is 5.82 Å². The number of anilines is 2. The molecule has 0 aliphatic carbocycles. The van der Waals surface area contributed by atoms with Crippen LogP contribution in [0.1, 0.15) is 0 Å². The quantitative estimate of drug-likeness (QED) is 0.446. The monoisotopic (exact) mass is 472 g/mol. The Balaban J connectivity index is 1.32. The van der Waals surface area contributed by atoms with Crippen LogP contribution in [0, 0.1) is 0 Å². The highest BCUT2D eigenvalue weighted by Gasteiger charge is 2.16. The molecule has 1 fully saturated rings. The van der Waals surface area contributed by atoms with Crippen molar-refractivity contribution in [2.75, 3.05) is 35.9 Å². The SMILES string of the molecule is O=S(=O)(Nc1cccc(-c2ccc(N3CCOCC3)nn2)c1)c1ccc(-c2ccccc2)cc1. The number of nitrogens with one attached hydrogen (secondary N) is 1. The van der Waals surface area contributed by atoms with Gasteiger partial charge in [0, 0.05) is 24.3 Å². The van der Waals surface area contributed by atoms with Gasteiger partial charge in [-0.1, -0.05) is 54.6 Å². The van der Waals surface area contributed by atoms with Gasteiger partial charge in [0.2, 0.25) is 0 Å². The molecule has 1 aromatic heterocycles. The van der Waals surface area contributed by atoms with E-state index < -0.39 is 10.0 Å². The first-order valence-electron chi connectivity index (χ1n) is 11.0. The number of benzene rings is 3. The molecule has 0 atom stereocenters. The minimum Gasteiger partial charge on any atom is -0.378 e. The Labute approximate surface area is 199 Å². The zero-order valence-electron chi connectivity index (χ0n) is 18.5. The van der Waals surface area contributed by atoms with Crippen LogP contribution in [0.3, 0.4) is 0 Å². The number of ether oxygens (including phenoxy) is 1. The van der Waals surface area contributed by atoms with Crippen LogP contribution in [-0.4, -0.2) is 44.9 Å². The summed E-state index contributed by atoms with van der Waals surface area (Å²) in [6, 6.07) is 27.7. The summed E-state index contributed by atoms with van der Waals surface area (Å²) >= 11 is 0. The Bertz CT molecular complexity index is 1350. The van der Waals surface area contributed by atoms with E-state index in [1.165, 1.54) is 0 Å². The molecule has 2 heterocycles. The lowest BCUT2D eigenvalue weighted by Gasteiger charge is -2.27. The number of sulfonamides is 1. The van der Waals surface area contributed by atoms with Crippen molar-refractivity contribution >= 4 is 21.5 Å². The first kappa shape index (κ1) is 22.1. The Morgan fingerprint density at radius 2 is 1.44 bits per heavy atom. The third kappa shape index (κ3) is 4.93. The van der Waals surface area contributed by atoms with Gasteiger partial charge in [0.25, 0.3) is 10.0 Å². The summed E-state index contributed by atoms with van der Waals surface area (Å²) in [5.74, 6) is 0.808. The lowest BCUT2D eigenvalue weighted by atomic mass is 10.1. The van der Waals surface area contributed by atoms with Crippen LogP contribution in [0.2, 0.25) is 0 Å². The van der Waals surface area contributed by atoms with Crippen LogP contribution in [0.25, 0.3) is 22.4 Å². The predicted molar refractivity (Wildman–Crippen MR) is 133 cm³/mol. The summed E-state index contributed by atoms with van der Waals surface area (Å²) < 4.78 is 34.0. The molecule has 1 aliphatic heterocycles. The minimum absolute atomic E-state index is 0.201. The summed E-state index contributed by atoms with van der Waals surface area (Å²) in [5.41, 5.74) is 3.91. The molecule has 34 heavy (non-hydrogen) atoms. The standard InChI is InChI=1S/C26H24N4O3S/c31-34(32,24-11-9-21(10-12-24)20-5-2-1-3-6-20)29-23-8-4-7-22(19-23)25-13-14-26(28-27-25)30-15-17-33-18-16-30/h1-14,19,29H,15-18H2. The molecule has 172 valence electrons. The molecule has 0 amide bonds. The van der Waals surface area contributed by atoms with Crippen LogP contribution in [0.4, 0.5) is 11.5 Å². The van der Waals surface area contributed by atoms with E-state index in [0.717, 1.165) is 35.6 Å². The molecule has 1 aliphatic rings. The average molecular weight is 473 g/mol. The predicted octanol–water partition coefficient (Wildman–Crippen LogP) is 4.45. The van der Waals surface area contributed by atoms with E-state index in [1.807, 2.05) is 60.7 Å². The highest BCUT2D eigenvalue weighted by atomic mass is 32.2. The van der Waals surface area contributed by atoms with E-state index >= 15 is 0 Å². The molecule has 1 N–H and O–H groups in total. The summed E-state index contributed by atoms with van der Waals surface area (Å²) in [4.78, 5) is 2.33. The van der Waals surface area contributed by atoms with Crippen LogP contribution in [-0.2, 0) is 14.8 Å². The molecule has 0 spiro atoms.